The lowest BCUT2D eigenvalue weighted by atomic mass is 10.2. The van der Waals surface area contributed by atoms with Crippen LogP contribution in [0.5, 0.6) is 0 Å². The summed E-state index contributed by atoms with van der Waals surface area (Å²) in [6.07, 6.45) is 2.40. The van der Waals surface area contributed by atoms with Crippen molar-refractivity contribution in [3.05, 3.63) is 47.4 Å². The summed E-state index contributed by atoms with van der Waals surface area (Å²) in [5.41, 5.74) is 0.968. The lowest BCUT2D eigenvalue weighted by molar-refractivity contribution is -0.116. The number of nitrogens with zero attached hydrogens (tertiary/aromatic N) is 3. The molecule has 1 amide bonds. The fourth-order valence-electron chi connectivity index (χ4n) is 1.91. The molecule has 7 heteroatoms. The number of carbonyl (C=O) groups is 1. The molecule has 0 spiro atoms. The Morgan fingerprint density at radius 1 is 1.27 bits per heavy atom. The molecule has 0 radical (unpaired) electrons. The van der Waals surface area contributed by atoms with Crippen LogP contribution in [0, 0.1) is 6.92 Å². The van der Waals surface area contributed by atoms with Crippen molar-refractivity contribution in [1.29, 1.82) is 0 Å². The maximum Gasteiger partial charge on any atom is 0.226 e. The number of rotatable bonds is 5. The number of aromatic nitrogens is 3. The second-order valence-electron chi connectivity index (χ2n) is 4.66. The van der Waals surface area contributed by atoms with E-state index in [1.807, 2.05) is 37.3 Å². The van der Waals surface area contributed by atoms with Crippen molar-refractivity contribution in [3.8, 4) is 11.3 Å². The number of hydrogen-bond donors (Lipinski definition) is 1. The summed E-state index contributed by atoms with van der Waals surface area (Å²) < 4.78 is 5.66. The number of nitrogens with one attached hydrogen (secondary N) is 1. The Morgan fingerprint density at radius 3 is 2.82 bits per heavy atom. The van der Waals surface area contributed by atoms with Crippen molar-refractivity contribution in [2.45, 2.75) is 19.8 Å². The number of benzene rings is 1. The van der Waals surface area contributed by atoms with Gasteiger partial charge in [-0.2, -0.15) is 0 Å². The summed E-state index contributed by atoms with van der Waals surface area (Å²) in [6, 6.07) is 9.73. The van der Waals surface area contributed by atoms with Crippen LogP contribution in [0.25, 0.3) is 11.3 Å². The Bertz CT molecular complexity index is 767. The lowest BCUT2D eigenvalue weighted by Gasteiger charge is -1.99. The molecule has 0 bridgehead atoms. The maximum absolute atomic E-state index is 11.8. The van der Waals surface area contributed by atoms with E-state index >= 15 is 0 Å². The van der Waals surface area contributed by atoms with E-state index in [0.717, 1.165) is 10.6 Å². The molecule has 6 nitrogen and oxygen atoms in total. The molecule has 0 atom stereocenters. The van der Waals surface area contributed by atoms with E-state index in [-0.39, 0.29) is 12.3 Å². The van der Waals surface area contributed by atoms with Crippen LogP contribution in [-0.4, -0.2) is 21.1 Å². The summed E-state index contributed by atoms with van der Waals surface area (Å²) in [6.45, 7) is 1.84. The van der Waals surface area contributed by atoms with Gasteiger partial charge in [0.25, 0.3) is 0 Å². The second kappa shape index (κ2) is 6.48. The highest BCUT2D eigenvalue weighted by atomic mass is 32.1. The minimum atomic E-state index is -0.129. The first-order chi connectivity index (χ1) is 10.7. The van der Waals surface area contributed by atoms with Crippen LogP contribution in [0.3, 0.4) is 0 Å². The van der Waals surface area contributed by atoms with Gasteiger partial charge in [0.05, 0.1) is 6.20 Å². The first kappa shape index (κ1) is 14.4. The number of aryl methyl sites for hydroxylation is 2. The van der Waals surface area contributed by atoms with Crippen LogP contribution in [0.15, 0.2) is 40.9 Å². The molecule has 3 rings (SSSR count). The summed E-state index contributed by atoms with van der Waals surface area (Å²) in [5, 5.41) is 11.7. The standard InChI is InChI=1S/C15H14N4O2S/c1-10-18-19-15(22-10)17-13(20)7-8-14-16-9-12(21-14)11-5-3-2-4-6-11/h2-6,9H,7-8H2,1H3,(H,17,19,20). The monoisotopic (exact) mass is 314 g/mol. The molecule has 3 aromatic rings. The Balaban J connectivity index is 1.56. The average Bonchev–Trinajstić information content (AvgIpc) is 3.15. The fourth-order valence-corrected chi connectivity index (χ4v) is 2.52. The molecule has 2 aromatic heterocycles. The Labute approximate surface area is 131 Å². The molecule has 22 heavy (non-hydrogen) atoms. The predicted octanol–water partition coefficient (Wildman–Crippen LogP) is 3.07. The quantitative estimate of drug-likeness (QED) is 0.782. The van der Waals surface area contributed by atoms with Gasteiger partial charge in [-0.3, -0.25) is 4.79 Å². The molecule has 0 aliphatic rings. The molecule has 0 aliphatic carbocycles. The smallest absolute Gasteiger partial charge is 0.226 e. The van der Waals surface area contributed by atoms with Crippen LogP contribution in [-0.2, 0) is 11.2 Å². The van der Waals surface area contributed by atoms with E-state index in [1.165, 1.54) is 11.3 Å². The molecule has 2 heterocycles. The van der Waals surface area contributed by atoms with Gasteiger partial charge >= 0.3 is 0 Å². The Hall–Kier alpha value is -2.54. The number of oxazole rings is 1. The predicted molar refractivity (Wildman–Crippen MR) is 83.5 cm³/mol. The normalized spacial score (nSPS) is 10.6. The summed E-state index contributed by atoms with van der Waals surface area (Å²) in [5.74, 6) is 1.12. The van der Waals surface area contributed by atoms with Gasteiger partial charge in [0, 0.05) is 18.4 Å². The van der Waals surface area contributed by atoms with Crippen molar-refractivity contribution in [2.75, 3.05) is 5.32 Å². The van der Waals surface area contributed by atoms with Gasteiger partial charge in [-0.1, -0.05) is 41.7 Å². The van der Waals surface area contributed by atoms with Crippen molar-refractivity contribution in [2.24, 2.45) is 0 Å². The first-order valence-electron chi connectivity index (χ1n) is 6.81. The highest BCUT2D eigenvalue weighted by molar-refractivity contribution is 7.15. The molecular weight excluding hydrogens is 300 g/mol. The van der Waals surface area contributed by atoms with Gasteiger partial charge in [-0.25, -0.2) is 4.98 Å². The average molecular weight is 314 g/mol. The molecule has 0 fully saturated rings. The van der Waals surface area contributed by atoms with Crippen molar-refractivity contribution < 1.29 is 9.21 Å². The van der Waals surface area contributed by atoms with Gasteiger partial charge in [0.1, 0.15) is 5.01 Å². The topological polar surface area (TPSA) is 80.9 Å². The zero-order valence-corrected chi connectivity index (χ0v) is 12.8. The number of amides is 1. The molecule has 1 aromatic carbocycles. The van der Waals surface area contributed by atoms with Crippen LogP contribution in [0.1, 0.15) is 17.3 Å². The van der Waals surface area contributed by atoms with Gasteiger partial charge in [0.2, 0.25) is 11.0 Å². The van der Waals surface area contributed by atoms with Crippen LogP contribution >= 0.6 is 11.3 Å². The van der Waals surface area contributed by atoms with Crippen molar-refractivity contribution in [1.82, 2.24) is 15.2 Å². The van der Waals surface area contributed by atoms with Crippen LogP contribution in [0.4, 0.5) is 5.13 Å². The van der Waals surface area contributed by atoms with Gasteiger partial charge in [-0.05, 0) is 6.92 Å². The molecule has 0 aliphatic heterocycles. The molecule has 0 unspecified atom stereocenters. The largest absolute Gasteiger partial charge is 0.441 e. The van der Waals surface area contributed by atoms with Gasteiger partial charge < -0.3 is 9.73 Å². The zero-order valence-electron chi connectivity index (χ0n) is 11.9. The van der Waals surface area contributed by atoms with Crippen LogP contribution < -0.4 is 5.32 Å². The number of anilines is 1. The highest BCUT2D eigenvalue weighted by Crippen LogP contribution is 2.20. The molecular formula is C15H14N4O2S. The van der Waals surface area contributed by atoms with E-state index in [0.29, 0.717) is 23.2 Å². The molecule has 0 saturated heterocycles. The Kier molecular flexibility index (Phi) is 4.24. The number of carbonyl (C=O) groups excluding carboxylic acids is 1. The summed E-state index contributed by atoms with van der Waals surface area (Å²) >= 11 is 1.35. The van der Waals surface area contributed by atoms with Crippen LogP contribution in [0.2, 0.25) is 0 Å². The number of hydrogen-bond acceptors (Lipinski definition) is 6. The molecule has 1 N–H and O–H groups in total. The molecule has 0 saturated carbocycles. The van der Waals surface area contributed by atoms with E-state index in [2.05, 4.69) is 20.5 Å². The SMILES string of the molecule is Cc1nnc(NC(=O)CCc2ncc(-c3ccccc3)o2)s1. The fraction of sp³-hybridized carbons (Fsp3) is 0.200. The van der Waals surface area contributed by atoms with E-state index in [9.17, 15) is 4.79 Å². The Morgan fingerprint density at radius 2 is 2.09 bits per heavy atom. The van der Waals surface area contributed by atoms with E-state index in [4.69, 9.17) is 4.42 Å². The van der Waals surface area contributed by atoms with E-state index < -0.39 is 0 Å². The highest BCUT2D eigenvalue weighted by Gasteiger charge is 2.10. The molecule has 112 valence electrons. The van der Waals surface area contributed by atoms with E-state index in [1.54, 1.807) is 6.20 Å². The minimum absolute atomic E-state index is 0.129. The maximum atomic E-state index is 11.8. The van der Waals surface area contributed by atoms with Crippen molar-refractivity contribution in [3.63, 3.8) is 0 Å². The summed E-state index contributed by atoms with van der Waals surface area (Å²) in [7, 11) is 0. The van der Waals surface area contributed by atoms with Crippen molar-refractivity contribution >= 4 is 22.4 Å². The third kappa shape index (κ3) is 3.56. The first-order valence-corrected chi connectivity index (χ1v) is 7.62. The third-order valence-corrected chi connectivity index (χ3v) is 3.70. The third-order valence-electron chi connectivity index (χ3n) is 2.95. The summed E-state index contributed by atoms with van der Waals surface area (Å²) in [4.78, 5) is 16.0. The second-order valence-corrected chi connectivity index (χ2v) is 5.84. The van der Waals surface area contributed by atoms with Gasteiger partial charge in [-0.15, -0.1) is 10.2 Å². The minimum Gasteiger partial charge on any atom is -0.441 e. The lowest BCUT2D eigenvalue weighted by Crippen LogP contribution is -2.12. The van der Waals surface area contributed by atoms with Gasteiger partial charge in [0.15, 0.2) is 11.7 Å². The zero-order chi connectivity index (χ0) is 15.4.